The van der Waals surface area contributed by atoms with E-state index in [9.17, 15) is 4.79 Å². The summed E-state index contributed by atoms with van der Waals surface area (Å²) >= 11 is 0. The molecular formula is C19H22N2O2. The fraction of sp³-hybridized carbons (Fsp3) is 0.368. The second kappa shape index (κ2) is 7.27. The molecule has 0 radical (unpaired) electrons. The van der Waals surface area contributed by atoms with Gasteiger partial charge in [-0.3, -0.25) is 4.98 Å². The Balaban J connectivity index is 1.71. The molecule has 2 aromatic rings. The van der Waals surface area contributed by atoms with Gasteiger partial charge in [-0.15, -0.1) is 0 Å². The summed E-state index contributed by atoms with van der Waals surface area (Å²) in [5.74, 6) is 0. The highest BCUT2D eigenvalue weighted by Crippen LogP contribution is 2.32. The summed E-state index contributed by atoms with van der Waals surface area (Å²) in [6.45, 7) is 3.13. The molecule has 1 unspecified atom stereocenters. The molecule has 3 rings (SSSR count). The lowest BCUT2D eigenvalue weighted by Crippen LogP contribution is -2.39. The van der Waals surface area contributed by atoms with Crippen LogP contribution >= 0.6 is 0 Å². The molecule has 1 fully saturated rings. The normalized spacial score (nSPS) is 17.8. The van der Waals surface area contributed by atoms with Crippen LogP contribution in [-0.4, -0.2) is 22.5 Å². The van der Waals surface area contributed by atoms with Crippen LogP contribution in [0.2, 0.25) is 0 Å². The van der Waals surface area contributed by atoms with Crippen molar-refractivity contribution in [3.63, 3.8) is 0 Å². The molecule has 4 heteroatoms. The first-order valence-electron chi connectivity index (χ1n) is 8.13. The van der Waals surface area contributed by atoms with E-state index in [1.807, 2.05) is 47.5 Å². The maximum atomic E-state index is 12.5. The lowest BCUT2D eigenvalue weighted by Gasteiger charge is -2.35. The summed E-state index contributed by atoms with van der Waals surface area (Å²) in [6.07, 6.45) is 6.55. The summed E-state index contributed by atoms with van der Waals surface area (Å²) in [7, 11) is 0. The summed E-state index contributed by atoms with van der Waals surface area (Å²) in [5.41, 5.74) is 3.31. The van der Waals surface area contributed by atoms with Crippen LogP contribution in [0.4, 0.5) is 4.79 Å². The third-order valence-corrected chi connectivity index (χ3v) is 4.38. The number of carbonyl (C=O) groups is 1. The van der Waals surface area contributed by atoms with Crippen molar-refractivity contribution in [3.05, 3.63) is 65.5 Å². The van der Waals surface area contributed by atoms with Crippen molar-refractivity contribution in [1.82, 2.24) is 9.88 Å². The van der Waals surface area contributed by atoms with E-state index in [-0.39, 0.29) is 12.1 Å². The summed E-state index contributed by atoms with van der Waals surface area (Å²) in [5, 5.41) is 0. The number of amides is 1. The molecule has 120 valence electrons. The first-order chi connectivity index (χ1) is 11.3. The van der Waals surface area contributed by atoms with Gasteiger partial charge in [0.1, 0.15) is 6.61 Å². The molecule has 1 amide bonds. The largest absolute Gasteiger partial charge is 0.445 e. The molecule has 0 spiro atoms. The van der Waals surface area contributed by atoms with Gasteiger partial charge >= 0.3 is 6.09 Å². The van der Waals surface area contributed by atoms with E-state index in [0.29, 0.717) is 6.61 Å². The Hall–Kier alpha value is -2.36. The van der Waals surface area contributed by atoms with E-state index >= 15 is 0 Å². The van der Waals surface area contributed by atoms with Crippen molar-refractivity contribution in [2.24, 2.45) is 0 Å². The zero-order chi connectivity index (χ0) is 16.1. The van der Waals surface area contributed by atoms with Crippen molar-refractivity contribution < 1.29 is 9.53 Å². The number of likely N-dealkylation sites (tertiary alicyclic amines) is 1. The van der Waals surface area contributed by atoms with Crippen LogP contribution in [-0.2, 0) is 11.3 Å². The van der Waals surface area contributed by atoms with Gasteiger partial charge in [0, 0.05) is 18.9 Å². The maximum Gasteiger partial charge on any atom is 0.410 e. The van der Waals surface area contributed by atoms with Gasteiger partial charge < -0.3 is 9.64 Å². The third kappa shape index (κ3) is 3.70. The lowest BCUT2D eigenvalue weighted by molar-refractivity contribution is 0.0677. The fourth-order valence-electron chi connectivity index (χ4n) is 3.10. The number of hydrogen-bond donors (Lipinski definition) is 0. The molecule has 1 aliphatic rings. The summed E-state index contributed by atoms with van der Waals surface area (Å²) < 4.78 is 5.53. The number of aryl methyl sites for hydroxylation is 1. The van der Waals surface area contributed by atoms with Crippen molar-refractivity contribution in [2.45, 2.75) is 38.8 Å². The Morgan fingerprint density at radius 3 is 2.87 bits per heavy atom. The maximum absolute atomic E-state index is 12.5. The Kier molecular flexibility index (Phi) is 4.91. The Labute approximate surface area is 137 Å². The second-order valence-electron chi connectivity index (χ2n) is 5.98. The monoisotopic (exact) mass is 310 g/mol. The van der Waals surface area contributed by atoms with E-state index in [4.69, 9.17) is 4.74 Å². The Morgan fingerprint density at radius 1 is 1.26 bits per heavy atom. The van der Waals surface area contributed by atoms with Gasteiger partial charge in [0.25, 0.3) is 0 Å². The Bertz CT molecular complexity index is 657. The number of rotatable bonds is 3. The van der Waals surface area contributed by atoms with Gasteiger partial charge in [0.15, 0.2) is 0 Å². The van der Waals surface area contributed by atoms with Crippen molar-refractivity contribution in [1.29, 1.82) is 0 Å². The molecular weight excluding hydrogens is 288 g/mol. The zero-order valence-corrected chi connectivity index (χ0v) is 13.4. The predicted octanol–water partition coefficient (Wildman–Crippen LogP) is 4.25. The molecule has 1 aromatic carbocycles. The fourth-order valence-corrected chi connectivity index (χ4v) is 3.10. The van der Waals surface area contributed by atoms with Gasteiger partial charge in [-0.2, -0.15) is 0 Å². The van der Waals surface area contributed by atoms with Crippen molar-refractivity contribution in [3.8, 4) is 0 Å². The molecule has 0 saturated carbocycles. The predicted molar refractivity (Wildman–Crippen MR) is 88.9 cm³/mol. The number of piperidine rings is 1. The van der Waals surface area contributed by atoms with Crippen LogP contribution in [0.3, 0.4) is 0 Å². The van der Waals surface area contributed by atoms with Crippen LogP contribution in [0, 0.1) is 6.92 Å². The smallest absolute Gasteiger partial charge is 0.410 e. The molecule has 0 aliphatic carbocycles. The van der Waals surface area contributed by atoms with Crippen LogP contribution in [0.5, 0.6) is 0 Å². The van der Waals surface area contributed by atoms with E-state index in [0.717, 1.165) is 36.9 Å². The molecule has 23 heavy (non-hydrogen) atoms. The van der Waals surface area contributed by atoms with Gasteiger partial charge in [0.05, 0.1) is 6.04 Å². The average molecular weight is 310 g/mol. The van der Waals surface area contributed by atoms with Crippen LogP contribution in [0.25, 0.3) is 0 Å². The number of pyridine rings is 1. The minimum atomic E-state index is -0.234. The number of aromatic nitrogens is 1. The third-order valence-electron chi connectivity index (χ3n) is 4.38. The van der Waals surface area contributed by atoms with E-state index in [1.54, 1.807) is 6.20 Å². The molecule has 0 bridgehead atoms. The van der Waals surface area contributed by atoms with Gasteiger partial charge in [0.2, 0.25) is 0 Å². The molecule has 0 N–H and O–H groups in total. The van der Waals surface area contributed by atoms with Gasteiger partial charge in [-0.25, -0.2) is 4.79 Å². The highest BCUT2D eigenvalue weighted by Gasteiger charge is 2.30. The zero-order valence-electron chi connectivity index (χ0n) is 13.4. The molecule has 1 atom stereocenters. The highest BCUT2D eigenvalue weighted by atomic mass is 16.6. The quantitative estimate of drug-likeness (QED) is 0.851. The van der Waals surface area contributed by atoms with E-state index in [1.165, 1.54) is 5.56 Å². The highest BCUT2D eigenvalue weighted by molar-refractivity contribution is 5.68. The number of ether oxygens (including phenoxy) is 1. The molecule has 1 aliphatic heterocycles. The lowest BCUT2D eigenvalue weighted by atomic mass is 9.94. The second-order valence-corrected chi connectivity index (χ2v) is 5.98. The van der Waals surface area contributed by atoms with E-state index in [2.05, 4.69) is 11.9 Å². The first-order valence-corrected chi connectivity index (χ1v) is 8.13. The topological polar surface area (TPSA) is 42.4 Å². The number of carbonyl (C=O) groups excluding carboxylic acids is 1. The molecule has 4 nitrogen and oxygen atoms in total. The minimum Gasteiger partial charge on any atom is -0.445 e. The van der Waals surface area contributed by atoms with Crippen molar-refractivity contribution in [2.75, 3.05) is 6.54 Å². The van der Waals surface area contributed by atoms with Crippen LogP contribution in [0.1, 0.15) is 42.0 Å². The average Bonchev–Trinajstić information content (AvgIpc) is 2.61. The standard InChI is InChI=1S/C19H22N2O2/c1-15-10-11-20-13-17(15)18-9-5-6-12-21(18)19(22)23-14-16-7-3-2-4-8-16/h2-4,7-8,10-11,13,18H,5-6,9,12,14H2,1H3. The van der Waals surface area contributed by atoms with Crippen LogP contribution in [0.15, 0.2) is 48.8 Å². The van der Waals surface area contributed by atoms with Crippen LogP contribution < -0.4 is 0 Å². The number of benzene rings is 1. The van der Waals surface area contributed by atoms with Gasteiger partial charge in [-0.05, 0) is 48.9 Å². The first kappa shape index (κ1) is 15.5. The van der Waals surface area contributed by atoms with Gasteiger partial charge in [-0.1, -0.05) is 30.3 Å². The molecule has 2 heterocycles. The van der Waals surface area contributed by atoms with E-state index < -0.39 is 0 Å². The minimum absolute atomic E-state index is 0.0701. The number of hydrogen-bond acceptors (Lipinski definition) is 3. The SMILES string of the molecule is Cc1ccncc1C1CCCCN1C(=O)OCc1ccccc1. The molecule has 1 saturated heterocycles. The Morgan fingerprint density at radius 2 is 2.09 bits per heavy atom. The summed E-state index contributed by atoms with van der Waals surface area (Å²) in [6, 6.07) is 11.9. The molecule has 1 aromatic heterocycles. The summed E-state index contributed by atoms with van der Waals surface area (Å²) in [4.78, 5) is 18.6. The number of nitrogens with zero attached hydrogens (tertiary/aromatic N) is 2. The van der Waals surface area contributed by atoms with Crippen molar-refractivity contribution >= 4 is 6.09 Å².